The number of nitrogens with one attached hydrogen (secondary N) is 3. The summed E-state index contributed by atoms with van der Waals surface area (Å²) in [4.78, 5) is 24.7. The van der Waals surface area contributed by atoms with Crippen LogP contribution in [0.1, 0.15) is 19.4 Å². The van der Waals surface area contributed by atoms with Crippen molar-refractivity contribution in [2.45, 2.75) is 24.3 Å². The van der Waals surface area contributed by atoms with Gasteiger partial charge in [0, 0.05) is 18.8 Å². The van der Waals surface area contributed by atoms with Crippen molar-refractivity contribution in [1.82, 2.24) is 14.5 Å². The number of carbonyl (C=O) groups excluding carboxylic acids is 1. The van der Waals surface area contributed by atoms with E-state index >= 15 is 0 Å². The molecule has 0 bridgehead atoms. The Kier molecular flexibility index (Phi) is 5.94. The van der Waals surface area contributed by atoms with Gasteiger partial charge in [-0.2, -0.15) is 5.10 Å². The molecular weight excluding hydrogens is 429 g/mol. The van der Waals surface area contributed by atoms with Crippen LogP contribution in [-0.4, -0.2) is 37.2 Å². The molecule has 12 heteroatoms. The molecule has 3 N–H and O–H groups in total. The normalized spacial score (nSPS) is 16.8. The fourth-order valence-electron chi connectivity index (χ4n) is 2.62. The largest absolute Gasteiger partial charge is 0.384 e. The molecule has 1 amide bonds. The summed E-state index contributed by atoms with van der Waals surface area (Å²) >= 11 is 11.6. The van der Waals surface area contributed by atoms with Gasteiger partial charge in [-0.1, -0.05) is 23.2 Å². The molecule has 1 aliphatic heterocycles. The van der Waals surface area contributed by atoms with Gasteiger partial charge >= 0.3 is 0 Å². The predicted octanol–water partition coefficient (Wildman–Crippen LogP) is 1.84. The number of fused-ring (bicyclic) bond motifs is 1. The van der Waals surface area contributed by atoms with E-state index in [-0.39, 0.29) is 20.6 Å². The summed E-state index contributed by atoms with van der Waals surface area (Å²) in [6, 6.07) is 3.49. The van der Waals surface area contributed by atoms with Crippen molar-refractivity contribution in [1.29, 1.82) is 0 Å². The van der Waals surface area contributed by atoms with E-state index in [0.29, 0.717) is 25.2 Å². The van der Waals surface area contributed by atoms with E-state index in [1.54, 1.807) is 12.1 Å². The highest BCUT2D eigenvalue weighted by atomic mass is 35.5. The van der Waals surface area contributed by atoms with Gasteiger partial charge in [0.1, 0.15) is 16.0 Å². The lowest BCUT2D eigenvalue weighted by Gasteiger charge is -2.19. The summed E-state index contributed by atoms with van der Waals surface area (Å²) in [5.41, 5.74) is 0.00282. The summed E-state index contributed by atoms with van der Waals surface area (Å²) in [6.45, 7) is 2.39. The predicted molar refractivity (Wildman–Crippen MR) is 107 cm³/mol. The van der Waals surface area contributed by atoms with Gasteiger partial charge in [-0.15, -0.1) is 0 Å². The SMILES string of the molecule is C[C@H](C(=O)Nc1ccc2c(c1)S(=O)(=O)NCCCN2)n1ncc(Cl)c(Cl)c1=O. The maximum atomic E-state index is 12.5. The maximum absolute atomic E-state index is 12.5. The molecule has 0 spiro atoms. The molecule has 0 aliphatic carbocycles. The van der Waals surface area contributed by atoms with Gasteiger partial charge in [-0.05, 0) is 31.5 Å². The Morgan fingerprint density at radius 2 is 2.07 bits per heavy atom. The zero-order valence-corrected chi connectivity index (χ0v) is 17.0. The van der Waals surface area contributed by atoms with Crippen LogP contribution in [0.4, 0.5) is 11.4 Å². The molecule has 2 aromatic rings. The lowest BCUT2D eigenvalue weighted by Crippen LogP contribution is -2.33. The lowest BCUT2D eigenvalue weighted by molar-refractivity contribution is -0.119. The van der Waals surface area contributed by atoms with Crippen molar-refractivity contribution < 1.29 is 13.2 Å². The van der Waals surface area contributed by atoms with Crippen LogP contribution in [-0.2, 0) is 14.8 Å². The van der Waals surface area contributed by atoms with Gasteiger partial charge in [0.05, 0.1) is 16.9 Å². The van der Waals surface area contributed by atoms with Gasteiger partial charge in [0.15, 0.2) is 0 Å². The second-order valence-corrected chi connectivity index (χ2v) is 8.63. The van der Waals surface area contributed by atoms with Crippen molar-refractivity contribution in [3.8, 4) is 0 Å². The molecule has 150 valence electrons. The number of nitrogens with zero attached hydrogens (tertiary/aromatic N) is 2. The third-order valence-electron chi connectivity index (χ3n) is 4.15. The van der Waals surface area contributed by atoms with Gasteiger partial charge < -0.3 is 10.6 Å². The molecular formula is C16H17Cl2N5O4S. The van der Waals surface area contributed by atoms with Crippen molar-refractivity contribution in [2.75, 3.05) is 23.7 Å². The molecule has 0 unspecified atom stereocenters. The highest BCUT2D eigenvalue weighted by Crippen LogP contribution is 2.26. The summed E-state index contributed by atoms with van der Waals surface area (Å²) in [6.07, 6.45) is 1.82. The second kappa shape index (κ2) is 8.08. The molecule has 2 heterocycles. The number of rotatable bonds is 3. The van der Waals surface area contributed by atoms with E-state index in [0.717, 1.165) is 4.68 Å². The number of amides is 1. The molecule has 1 aliphatic rings. The van der Waals surface area contributed by atoms with Crippen LogP contribution in [0.3, 0.4) is 0 Å². The molecule has 1 aromatic carbocycles. The summed E-state index contributed by atoms with van der Waals surface area (Å²) in [7, 11) is -3.71. The second-order valence-electron chi connectivity index (χ2n) is 6.11. The number of hydrogen-bond donors (Lipinski definition) is 3. The van der Waals surface area contributed by atoms with Crippen LogP contribution in [0.15, 0.2) is 34.1 Å². The number of anilines is 2. The Morgan fingerprint density at radius 1 is 1.32 bits per heavy atom. The Bertz CT molecular complexity index is 1090. The van der Waals surface area contributed by atoms with Gasteiger partial charge in [0.2, 0.25) is 15.9 Å². The number of halogens is 2. The van der Waals surface area contributed by atoms with Crippen LogP contribution in [0.25, 0.3) is 0 Å². The molecule has 1 aromatic heterocycles. The summed E-state index contributed by atoms with van der Waals surface area (Å²) < 4.78 is 28.2. The van der Waals surface area contributed by atoms with Crippen molar-refractivity contribution in [3.63, 3.8) is 0 Å². The zero-order chi connectivity index (χ0) is 20.5. The Balaban J connectivity index is 1.88. The standard InChI is InChI=1S/C16H17Cl2N5O4S/c1-9(23-16(25)14(18)11(17)8-20-23)15(24)22-10-3-4-12-13(7-10)28(26,27)21-6-2-5-19-12/h3-4,7-9,19,21H,2,5-6H2,1H3,(H,22,24)/t9-/m1/s1. The highest BCUT2D eigenvalue weighted by Gasteiger charge is 2.23. The number of benzene rings is 1. The number of aromatic nitrogens is 2. The van der Waals surface area contributed by atoms with E-state index in [2.05, 4.69) is 20.5 Å². The topological polar surface area (TPSA) is 122 Å². The van der Waals surface area contributed by atoms with E-state index < -0.39 is 27.5 Å². The molecule has 9 nitrogen and oxygen atoms in total. The highest BCUT2D eigenvalue weighted by molar-refractivity contribution is 7.89. The minimum absolute atomic E-state index is 0.0117. The fourth-order valence-corrected chi connectivity index (χ4v) is 4.16. The zero-order valence-electron chi connectivity index (χ0n) is 14.7. The minimum atomic E-state index is -3.71. The van der Waals surface area contributed by atoms with Gasteiger partial charge in [0.25, 0.3) is 5.56 Å². The Labute approximate surface area is 171 Å². The first-order valence-electron chi connectivity index (χ1n) is 8.32. The molecule has 1 atom stereocenters. The van der Waals surface area contributed by atoms with Crippen LogP contribution >= 0.6 is 23.2 Å². The van der Waals surface area contributed by atoms with Crippen LogP contribution in [0.2, 0.25) is 10.0 Å². The summed E-state index contributed by atoms with van der Waals surface area (Å²) in [5, 5.41) is 9.23. The monoisotopic (exact) mass is 445 g/mol. The van der Waals surface area contributed by atoms with E-state index in [9.17, 15) is 18.0 Å². The first-order chi connectivity index (χ1) is 13.2. The third kappa shape index (κ3) is 4.14. The molecule has 3 rings (SSSR count). The minimum Gasteiger partial charge on any atom is -0.384 e. The first-order valence-corrected chi connectivity index (χ1v) is 10.6. The fraction of sp³-hybridized carbons (Fsp3) is 0.312. The molecule has 0 radical (unpaired) electrons. The first kappa shape index (κ1) is 20.6. The van der Waals surface area contributed by atoms with Crippen molar-refractivity contribution in [2.24, 2.45) is 0 Å². The Morgan fingerprint density at radius 3 is 2.82 bits per heavy atom. The van der Waals surface area contributed by atoms with E-state index in [1.165, 1.54) is 19.2 Å². The summed E-state index contributed by atoms with van der Waals surface area (Å²) in [5.74, 6) is -0.572. The smallest absolute Gasteiger partial charge is 0.287 e. The molecule has 28 heavy (non-hydrogen) atoms. The average Bonchev–Trinajstić information content (AvgIpc) is 2.65. The van der Waals surface area contributed by atoms with Gasteiger partial charge in [-0.25, -0.2) is 17.8 Å². The van der Waals surface area contributed by atoms with E-state index in [1.807, 2.05) is 0 Å². The third-order valence-corrected chi connectivity index (χ3v) is 6.40. The number of sulfonamides is 1. The lowest BCUT2D eigenvalue weighted by atomic mass is 10.2. The quantitative estimate of drug-likeness (QED) is 0.662. The van der Waals surface area contributed by atoms with E-state index in [4.69, 9.17) is 23.2 Å². The van der Waals surface area contributed by atoms with Crippen molar-refractivity contribution >= 4 is 50.5 Å². The van der Waals surface area contributed by atoms with Crippen LogP contribution < -0.4 is 20.9 Å². The van der Waals surface area contributed by atoms with Crippen molar-refractivity contribution in [3.05, 3.63) is 44.8 Å². The Hall–Kier alpha value is -2.14. The molecule has 0 saturated heterocycles. The molecule has 0 fully saturated rings. The average molecular weight is 446 g/mol. The van der Waals surface area contributed by atoms with Crippen LogP contribution in [0.5, 0.6) is 0 Å². The molecule has 0 saturated carbocycles. The number of hydrogen-bond acceptors (Lipinski definition) is 6. The maximum Gasteiger partial charge on any atom is 0.287 e. The van der Waals surface area contributed by atoms with Gasteiger partial charge in [-0.3, -0.25) is 9.59 Å². The number of carbonyl (C=O) groups is 1. The van der Waals surface area contributed by atoms with Crippen LogP contribution in [0, 0.1) is 0 Å².